The Hall–Kier alpha value is -2.19. The van der Waals surface area contributed by atoms with Crippen molar-refractivity contribution in [2.75, 3.05) is 49.1 Å². The number of pyridine rings is 2. The summed E-state index contributed by atoms with van der Waals surface area (Å²) in [6.07, 6.45) is 6.99. The van der Waals surface area contributed by atoms with E-state index in [1.54, 1.807) is 10.4 Å². The molecule has 4 heterocycles. The number of anilines is 2. The highest BCUT2D eigenvalue weighted by Gasteiger charge is 2.27. The van der Waals surface area contributed by atoms with Gasteiger partial charge in [0.2, 0.25) is 10.0 Å². The van der Waals surface area contributed by atoms with E-state index in [0.29, 0.717) is 18.0 Å². The quantitative estimate of drug-likeness (QED) is 0.811. The van der Waals surface area contributed by atoms with Gasteiger partial charge in [-0.3, -0.25) is 4.98 Å². The number of sulfonamides is 1. The molecular weight excluding hydrogens is 350 g/mol. The van der Waals surface area contributed by atoms with E-state index in [4.69, 9.17) is 0 Å². The highest BCUT2D eigenvalue weighted by molar-refractivity contribution is 7.89. The van der Waals surface area contributed by atoms with E-state index in [1.165, 1.54) is 11.9 Å². The van der Waals surface area contributed by atoms with E-state index >= 15 is 0 Å². The van der Waals surface area contributed by atoms with E-state index in [9.17, 15) is 8.42 Å². The molecule has 2 aliphatic rings. The lowest BCUT2D eigenvalue weighted by Gasteiger charge is -2.36. The van der Waals surface area contributed by atoms with Crippen molar-refractivity contribution in [1.82, 2.24) is 14.3 Å². The third-order valence-electron chi connectivity index (χ3n) is 5.06. The second-order valence-electron chi connectivity index (χ2n) is 6.64. The van der Waals surface area contributed by atoms with E-state index in [0.717, 1.165) is 44.8 Å². The summed E-state index contributed by atoms with van der Waals surface area (Å²) >= 11 is 0. The molecule has 2 aromatic rings. The third-order valence-corrected chi connectivity index (χ3v) is 6.94. The number of hydrogen-bond donors (Lipinski definition) is 0. The summed E-state index contributed by atoms with van der Waals surface area (Å²) < 4.78 is 26.7. The molecule has 4 rings (SSSR count). The average molecular weight is 373 g/mol. The molecule has 0 aromatic carbocycles. The first-order valence-corrected chi connectivity index (χ1v) is 10.4. The molecule has 0 aliphatic carbocycles. The van der Waals surface area contributed by atoms with Crippen molar-refractivity contribution in [2.45, 2.75) is 17.7 Å². The first-order valence-electron chi connectivity index (χ1n) is 9.01. The van der Waals surface area contributed by atoms with Crippen LogP contribution in [-0.2, 0) is 10.0 Å². The van der Waals surface area contributed by atoms with Gasteiger partial charge in [0.05, 0.1) is 0 Å². The topological polar surface area (TPSA) is 69.6 Å². The molecule has 0 spiro atoms. The van der Waals surface area contributed by atoms with E-state index in [-0.39, 0.29) is 0 Å². The summed E-state index contributed by atoms with van der Waals surface area (Å²) in [5, 5.41) is 0. The van der Waals surface area contributed by atoms with Gasteiger partial charge in [-0.2, -0.15) is 4.31 Å². The van der Waals surface area contributed by atoms with Gasteiger partial charge in [0.25, 0.3) is 0 Å². The number of rotatable bonds is 4. The fraction of sp³-hybridized carbons (Fsp3) is 0.444. The van der Waals surface area contributed by atoms with Crippen LogP contribution in [0.2, 0.25) is 0 Å². The minimum absolute atomic E-state index is 0.290. The molecule has 2 aromatic heterocycles. The maximum atomic E-state index is 12.6. The molecule has 0 radical (unpaired) electrons. The number of piperazine rings is 1. The van der Waals surface area contributed by atoms with Crippen LogP contribution in [0, 0.1) is 0 Å². The van der Waals surface area contributed by atoms with Crippen LogP contribution >= 0.6 is 0 Å². The van der Waals surface area contributed by atoms with Crippen LogP contribution in [0.3, 0.4) is 0 Å². The number of hydrogen-bond acceptors (Lipinski definition) is 6. The molecule has 0 bridgehead atoms. The Kier molecular flexibility index (Phi) is 4.78. The van der Waals surface area contributed by atoms with Gasteiger partial charge in [0.15, 0.2) is 0 Å². The van der Waals surface area contributed by atoms with Gasteiger partial charge >= 0.3 is 0 Å². The fourth-order valence-corrected chi connectivity index (χ4v) is 5.00. The summed E-state index contributed by atoms with van der Waals surface area (Å²) in [4.78, 5) is 13.3. The first-order chi connectivity index (χ1) is 12.6. The Labute approximate surface area is 154 Å². The van der Waals surface area contributed by atoms with Crippen molar-refractivity contribution in [3.63, 3.8) is 0 Å². The Balaban J connectivity index is 1.42. The molecule has 2 aliphatic heterocycles. The van der Waals surface area contributed by atoms with Crippen molar-refractivity contribution in [3.05, 3.63) is 42.9 Å². The second-order valence-corrected chi connectivity index (χ2v) is 8.58. The lowest BCUT2D eigenvalue weighted by molar-refractivity contribution is 0.477. The van der Waals surface area contributed by atoms with Crippen LogP contribution in [0.15, 0.2) is 47.8 Å². The van der Waals surface area contributed by atoms with Crippen molar-refractivity contribution < 1.29 is 8.42 Å². The molecule has 0 amide bonds. The van der Waals surface area contributed by atoms with Crippen LogP contribution in [0.4, 0.5) is 11.5 Å². The van der Waals surface area contributed by atoms with Gasteiger partial charge < -0.3 is 9.80 Å². The largest absolute Gasteiger partial charge is 0.368 e. The molecule has 2 fully saturated rings. The molecule has 26 heavy (non-hydrogen) atoms. The summed E-state index contributed by atoms with van der Waals surface area (Å²) in [6.45, 7) is 4.74. The lowest BCUT2D eigenvalue weighted by Crippen LogP contribution is -2.46. The zero-order valence-corrected chi connectivity index (χ0v) is 15.5. The minimum atomic E-state index is -3.39. The summed E-state index contributed by atoms with van der Waals surface area (Å²) in [5.74, 6) is 0.833. The standard InChI is InChI=1S/C18H23N5O2S/c24-26(25,23-9-1-2-10-23)17-3-4-18(20-15-17)22-13-11-21(12-14-22)16-5-7-19-8-6-16/h3-8,15H,1-2,9-14H2. The molecular formula is C18H23N5O2S. The molecule has 138 valence electrons. The van der Waals surface area contributed by atoms with E-state index in [2.05, 4.69) is 19.8 Å². The predicted molar refractivity (Wildman–Crippen MR) is 101 cm³/mol. The zero-order chi connectivity index (χ0) is 18.0. The van der Waals surface area contributed by atoms with Crippen LogP contribution in [0.1, 0.15) is 12.8 Å². The molecule has 0 saturated carbocycles. The molecule has 0 atom stereocenters. The van der Waals surface area contributed by atoms with Crippen LogP contribution in [0.25, 0.3) is 0 Å². The van der Waals surface area contributed by atoms with Crippen LogP contribution in [0.5, 0.6) is 0 Å². The van der Waals surface area contributed by atoms with Crippen molar-refractivity contribution in [1.29, 1.82) is 0 Å². The second kappa shape index (κ2) is 7.20. The molecule has 8 heteroatoms. The molecule has 0 N–H and O–H groups in total. The normalized spacial score (nSPS) is 19.1. The number of nitrogens with zero attached hydrogens (tertiary/aromatic N) is 5. The highest BCUT2D eigenvalue weighted by Crippen LogP contribution is 2.23. The fourth-order valence-electron chi connectivity index (χ4n) is 3.54. The van der Waals surface area contributed by atoms with Gasteiger partial charge in [0, 0.05) is 63.5 Å². The monoisotopic (exact) mass is 373 g/mol. The van der Waals surface area contributed by atoms with Gasteiger partial charge in [-0.15, -0.1) is 0 Å². The summed E-state index contributed by atoms with van der Waals surface area (Å²) in [7, 11) is -3.39. The molecule has 7 nitrogen and oxygen atoms in total. The van der Waals surface area contributed by atoms with E-state index in [1.807, 2.05) is 30.6 Å². The molecule has 0 unspecified atom stereocenters. The minimum Gasteiger partial charge on any atom is -0.368 e. The zero-order valence-electron chi connectivity index (χ0n) is 14.7. The van der Waals surface area contributed by atoms with Crippen LogP contribution in [-0.4, -0.2) is 62.0 Å². The highest BCUT2D eigenvalue weighted by atomic mass is 32.2. The smallest absolute Gasteiger partial charge is 0.244 e. The van der Waals surface area contributed by atoms with E-state index < -0.39 is 10.0 Å². The molecule has 2 saturated heterocycles. The van der Waals surface area contributed by atoms with Gasteiger partial charge in [-0.05, 0) is 37.1 Å². The summed E-state index contributed by atoms with van der Waals surface area (Å²) in [6, 6.07) is 7.55. The van der Waals surface area contributed by atoms with Crippen LogP contribution < -0.4 is 9.80 Å². The Morgan fingerprint density at radius 1 is 0.808 bits per heavy atom. The Morgan fingerprint density at radius 2 is 1.46 bits per heavy atom. The Morgan fingerprint density at radius 3 is 2.08 bits per heavy atom. The third kappa shape index (κ3) is 3.39. The van der Waals surface area contributed by atoms with Crippen molar-refractivity contribution in [3.8, 4) is 0 Å². The first kappa shape index (κ1) is 17.2. The van der Waals surface area contributed by atoms with Gasteiger partial charge in [-0.1, -0.05) is 0 Å². The average Bonchev–Trinajstić information content (AvgIpc) is 3.25. The van der Waals surface area contributed by atoms with Crippen molar-refractivity contribution in [2.24, 2.45) is 0 Å². The van der Waals surface area contributed by atoms with Gasteiger partial charge in [0.1, 0.15) is 10.7 Å². The lowest BCUT2D eigenvalue weighted by atomic mass is 10.2. The van der Waals surface area contributed by atoms with Gasteiger partial charge in [-0.25, -0.2) is 13.4 Å². The number of aromatic nitrogens is 2. The SMILES string of the molecule is O=S(=O)(c1ccc(N2CCN(c3ccncc3)CC2)nc1)N1CCCC1. The maximum absolute atomic E-state index is 12.6. The predicted octanol–water partition coefficient (Wildman–Crippen LogP) is 1.59. The Bertz CT molecular complexity index is 828. The maximum Gasteiger partial charge on any atom is 0.244 e. The van der Waals surface area contributed by atoms with Crippen molar-refractivity contribution >= 4 is 21.5 Å². The summed E-state index contributed by atoms with van der Waals surface area (Å²) in [5.41, 5.74) is 1.18.